The first-order valence-corrected chi connectivity index (χ1v) is 8.60. The smallest absolute Gasteiger partial charge is 0.326 e. The van der Waals surface area contributed by atoms with E-state index in [1.807, 2.05) is 12.2 Å². The van der Waals surface area contributed by atoms with Gasteiger partial charge < -0.3 is 8.37 Å². The average molecular weight is 312 g/mol. The summed E-state index contributed by atoms with van der Waals surface area (Å²) >= 11 is 0.630. The Morgan fingerprint density at radius 2 is 1.39 bits per heavy atom. The number of thioether (sulfide) groups is 1. The fourth-order valence-electron chi connectivity index (χ4n) is 0.725. The quantitative estimate of drug-likeness (QED) is 0.526. The van der Waals surface area contributed by atoms with E-state index in [4.69, 9.17) is 0 Å². The zero-order valence-corrected chi connectivity index (χ0v) is 12.4. The molecule has 0 aliphatic heterocycles. The molecule has 102 valence electrons. The molecule has 0 saturated carbocycles. The van der Waals surface area contributed by atoms with Gasteiger partial charge in [0.2, 0.25) is 0 Å². The van der Waals surface area contributed by atoms with Crippen LogP contribution in [0.5, 0.6) is 0 Å². The van der Waals surface area contributed by atoms with Crippen LogP contribution in [0.3, 0.4) is 0 Å². The van der Waals surface area contributed by atoms with Gasteiger partial charge in [-0.3, -0.25) is 0 Å². The number of rotatable bonds is 6. The Morgan fingerprint density at radius 3 is 1.67 bits per heavy atom. The molecule has 0 aromatic carbocycles. The first kappa shape index (κ1) is 17.0. The first-order chi connectivity index (χ1) is 8.31. The van der Waals surface area contributed by atoms with Crippen molar-refractivity contribution in [3.8, 4) is 24.1 Å². The monoisotopic (exact) mass is 312 g/mol. The Labute approximate surface area is 112 Å². The van der Waals surface area contributed by atoms with Crippen LogP contribution < -0.4 is 0 Å². The standard InChI is InChI=1S/C9H12O6S3/c1-4-7-14-17(10,11)9(16-6-3)18(12,13)15-8-5-2/h9H,6H2,1-3H3. The van der Waals surface area contributed by atoms with E-state index >= 15 is 0 Å². The van der Waals surface area contributed by atoms with Crippen molar-refractivity contribution in [3.63, 3.8) is 0 Å². The molecule has 0 aliphatic rings. The van der Waals surface area contributed by atoms with Gasteiger partial charge in [0.25, 0.3) is 3.91 Å². The van der Waals surface area contributed by atoms with Crippen molar-refractivity contribution in [1.82, 2.24) is 0 Å². The highest BCUT2D eigenvalue weighted by molar-refractivity contribution is 8.24. The normalized spacial score (nSPS) is 10.9. The summed E-state index contributed by atoms with van der Waals surface area (Å²) in [5.41, 5.74) is 0. The van der Waals surface area contributed by atoms with Crippen LogP contribution >= 0.6 is 11.8 Å². The molecular weight excluding hydrogens is 300 g/mol. The first-order valence-electron chi connectivity index (χ1n) is 4.61. The van der Waals surface area contributed by atoms with Crippen molar-refractivity contribution in [2.24, 2.45) is 0 Å². The molecule has 18 heavy (non-hydrogen) atoms. The van der Waals surface area contributed by atoms with Crippen molar-refractivity contribution in [2.75, 3.05) is 5.75 Å². The van der Waals surface area contributed by atoms with Crippen LogP contribution in [-0.2, 0) is 28.6 Å². The Balaban J connectivity index is 5.39. The zero-order valence-electron chi connectivity index (χ0n) is 9.96. The summed E-state index contributed by atoms with van der Waals surface area (Å²) in [6, 6.07) is 0. The fourth-order valence-corrected chi connectivity index (χ4v) is 5.33. The average Bonchev–Trinajstić information content (AvgIpc) is 2.30. The number of hydrogen-bond donors (Lipinski definition) is 0. The summed E-state index contributed by atoms with van der Waals surface area (Å²) in [6.07, 6.45) is 3.70. The topological polar surface area (TPSA) is 86.7 Å². The van der Waals surface area contributed by atoms with Crippen LogP contribution in [-0.4, -0.2) is 26.5 Å². The van der Waals surface area contributed by atoms with Gasteiger partial charge in [-0.05, 0) is 5.75 Å². The van der Waals surface area contributed by atoms with Crippen LogP contribution in [0, 0.1) is 24.1 Å². The van der Waals surface area contributed by atoms with Crippen molar-refractivity contribution in [2.45, 2.75) is 24.7 Å². The Morgan fingerprint density at radius 1 is 1.00 bits per heavy atom. The minimum Gasteiger partial charge on any atom is -0.326 e. The lowest BCUT2D eigenvalue weighted by molar-refractivity contribution is 0.450. The maximum Gasteiger partial charge on any atom is 0.348 e. The van der Waals surface area contributed by atoms with Gasteiger partial charge in [0.15, 0.2) is 0 Å². The number of hydrogen-bond acceptors (Lipinski definition) is 7. The molecule has 0 heterocycles. The van der Waals surface area contributed by atoms with Gasteiger partial charge in [0.1, 0.15) is 12.2 Å². The molecule has 0 bridgehead atoms. The molecule has 0 aliphatic carbocycles. The van der Waals surface area contributed by atoms with E-state index in [-0.39, 0.29) is 5.75 Å². The molecule has 6 nitrogen and oxygen atoms in total. The molecule has 0 amide bonds. The van der Waals surface area contributed by atoms with Gasteiger partial charge in [-0.15, -0.1) is 11.8 Å². The molecule has 0 aromatic rings. The third-order valence-electron chi connectivity index (χ3n) is 1.29. The SMILES string of the molecule is CC#COS(=O)(=O)C(SCC)S(=O)(=O)OC#CC. The summed E-state index contributed by atoms with van der Waals surface area (Å²) in [4.78, 5) is 0. The van der Waals surface area contributed by atoms with Gasteiger partial charge in [0, 0.05) is 13.8 Å². The molecule has 0 saturated heterocycles. The van der Waals surface area contributed by atoms with E-state index in [0.717, 1.165) is 0 Å². The van der Waals surface area contributed by atoms with Crippen molar-refractivity contribution in [1.29, 1.82) is 0 Å². The molecule has 0 radical (unpaired) electrons. The van der Waals surface area contributed by atoms with E-state index in [1.54, 1.807) is 6.92 Å². The Bertz CT molecular complexity index is 530. The molecule has 0 rings (SSSR count). The van der Waals surface area contributed by atoms with E-state index in [2.05, 4.69) is 20.2 Å². The lowest BCUT2D eigenvalue weighted by atomic mass is 10.8. The van der Waals surface area contributed by atoms with Crippen LogP contribution in [0.2, 0.25) is 0 Å². The summed E-state index contributed by atoms with van der Waals surface area (Å²) < 4.78 is 53.1. The fraction of sp³-hybridized carbons (Fsp3) is 0.556. The molecule has 9 heteroatoms. The van der Waals surface area contributed by atoms with Crippen molar-refractivity contribution < 1.29 is 25.2 Å². The highest BCUT2D eigenvalue weighted by atomic mass is 32.3. The highest BCUT2D eigenvalue weighted by Gasteiger charge is 2.41. The second-order valence-corrected chi connectivity index (χ2v) is 8.13. The van der Waals surface area contributed by atoms with E-state index in [0.29, 0.717) is 11.8 Å². The Hall–Kier alpha value is -1.03. The van der Waals surface area contributed by atoms with E-state index in [1.165, 1.54) is 13.8 Å². The summed E-state index contributed by atoms with van der Waals surface area (Å²) in [6.45, 7) is 4.30. The highest BCUT2D eigenvalue weighted by Crippen LogP contribution is 2.25. The molecule has 0 atom stereocenters. The molecule has 0 spiro atoms. The van der Waals surface area contributed by atoms with E-state index < -0.39 is 24.2 Å². The van der Waals surface area contributed by atoms with Gasteiger partial charge in [0.05, 0.1) is 0 Å². The summed E-state index contributed by atoms with van der Waals surface area (Å²) in [7, 11) is -8.85. The largest absolute Gasteiger partial charge is 0.348 e. The summed E-state index contributed by atoms with van der Waals surface area (Å²) in [5, 5.41) is 0. The van der Waals surface area contributed by atoms with Crippen LogP contribution in [0.1, 0.15) is 20.8 Å². The summed E-state index contributed by atoms with van der Waals surface area (Å²) in [5.74, 6) is 4.61. The predicted molar refractivity (Wildman–Crippen MR) is 68.8 cm³/mol. The molecule has 0 aromatic heterocycles. The third kappa shape index (κ3) is 5.08. The second-order valence-electron chi connectivity index (χ2n) is 2.60. The molecule has 0 fully saturated rings. The van der Waals surface area contributed by atoms with Gasteiger partial charge in [-0.2, -0.15) is 16.8 Å². The van der Waals surface area contributed by atoms with Gasteiger partial charge in [-0.25, -0.2) is 0 Å². The third-order valence-corrected chi connectivity index (χ3v) is 7.12. The Kier molecular flexibility index (Phi) is 6.99. The lowest BCUT2D eigenvalue weighted by Gasteiger charge is -2.12. The van der Waals surface area contributed by atoms with Gasteiger partial charge >= 0.3 is 20.2 Å². The van der Waals surface area contributed by atoms with Crippen molar-refractivity contribution in [3.05, 3.63) is 0 Å². The van der Waals surface area contributed by atoms with E-state index in [9.17, 15) is 16.8 Å². The van der Waals surface area contributed by atoms with Crippen LogP contribution in [0.25, 0.3) is 0 Å². The lowest BCUT2D eigenvalue weighted by Crippen LogP contribution is -2.29. The molecule has 0 N–H and O–H groups in total. The maximum atomic E-state index is 11.6. The molecule has 0 unspecified atom stereocenters. The van der Waals surface area contributed by atoms with Crippen LogP contribution in [0.4, 0.5) is 0 Å². The molecular formula is C9H12O6S3. The van der Waals surface area contributed by atoms with Crippen molar-refractivity contribution >= 4 is 32.0 Å². The zero-order chi connectivity index (χ0) is 14.2. The minimum absolute atomic E-state index is 0.231. The minimum atomic E-state index is -4.43. The maximum absolute atomic E-state index is 11.6. The van der Waals surface area contributed by atoms with Gasteiger partial charge in [-0.1, -0.05) is 18.8 Å². The predicted octanol–water partition coefficient (Wildman–Crippen LogP) is 0.677. The second kappa shape index (κ2) is 7.41. The van der Waals surface area contributed by atoms with Crippen LogP contribution in [0.15, 0.2) is 0 Å².